The number of aromatic nitrogens is 1. The maximum absolute atomic E-state index is 12.9. The van der Waals surface area contributed by atoms with E-state index in [1.54, 1.807) is 23.5 Å². The molecule has 1 aliphatic heterocycles. The maximum Gasteiger partial charge on any atom is 0.123 e. The molecule has 2 aromatic rings. The van der Waals surface area contributed by atoms with Crippen LogP contribution in [0.5, 0.6) is 0 Å². The first-order valence-electron chi connectivity index (χ1n) is 6.32. The lowest BCUT2D eigenvalue weighted by atomic mass is 10.2. The van der Waals surface area contributed by atoms with E-state index < -0.39 is 0 Å². The molecule has 0 atom stereocenters. The minimum Gasteiger partial charge on any atom is -0.379 e. The molecule has 0 amide bonds. The van der Waals surface area contributed by atoms with Crippen LogP contribution in [0.25, 0.3) is 10.6 Å². The van der Waals surface area contributed by atoms with E-state index in [0.29, 0.717) is 0 Å². The van der Waals surface area contributed by atoms with E-state index in [2.05, 4.69) is 15.3 Å². The Hall–Kier alpha value is -1.30. The highest BCUT2D eigenvalue weighted by Crippen LogP contribution is 2.24. The van der Waals surface area contributed by atoms with E-state index in [4.69, 9.17) is 4.74 Å². The molecule has 0 saturated carbocycles. The molecule has 0 bridgehead atoms. The summed E-state index contributed by atoms with van der Waals surface area (Å²) in [6.45, 7) is 4.39. The fourth-order valence-corrected chi connectivity index (χ4v) is 2.91. The van der Waals surface area contributed by atoms with Crippen LogP contribution in [0, 0.1) is 5.82 Å². The molecular weight excluding hydrogens is 263 g/mol. The fourth-order valence-electron chi connectivity index (χ4n) is 2.09. The summed E-state index contributed by atoms with van der Waals surface area (Å²) in [5.74, 6) is -0.214. The Morgan fingerprint density at radius 1 is 1.21 bits per heavy atom. The van der Waals surface area contributed by atoms with Crippen molar-refractivity contribution >= 4 is 11.3 Å². The molecule has 0 radical (unpaired) electrons. The number of nitrogens with zero attached hydrogens (tertiary/aromatic N) is 2. The first kappa shape index (κ1) is 12.7. The quantitative estimate of drug-likeness (QED) is 0.863. The Labute approximate surface area is 115 Å². The predicted molar refractivity (Wildman–Crippen MR) is 73.6 cm³/mol. The van der Waals surface area contributed by atoms with E-state index >= 15 is 0 Å². The molecule has 19 heavy (non-hydrogen) atoms. The summed E-state index contributed by atoms with van der Waals surface area (Å²) in [7, 11) is 0. The molecule has 3 rings (SSSR count). The van der Waals surface area contributed by atoms with E-state index in [9.17, 15) is 4.39 Å². The molecule has 0 aliphatic carbocycles. The van der Waals surface area contributed by atoms with Crippen LogP contribution < -0.4 is 0 Å². The van der Waals surface area contributed by atoms with Gasteiger partial charge in [-0.15, -0.1) is 11.3 Å². The zero-order valence-electron chi connectivity index (χ0n) is 10.5. The van der Waals surface area contributed by atoms with Crippen LogP contribution in [-0.4, -0.2) is 36.2 Å². The number of rotatable bonds is 3. The van der Waals surface area contributed by atoms with Crippen molar-refractivity contribution in [2.75, 3.05) is 26.3 Å². The third kappa shape index (κ3) is 3.18. The Balaban J connectivity index is 1.70. The third-order valence-electron chi connectivity index (χ3n) is 3.13. The van der Waals surface area contributed by atoms with Gasteiger partial charge in [-0.3, -0.25) is 4.90 Å². The van der Waals surface area contributed by atoms with Gasteiger partial charge in [0.1, 0.15) is 10.8 Å². The standard InChI is InChI=1S/C14H15FN2OS/c15-12-3-1-11(2-4-12)14-16-13(10-19-14)9-17-5-7-18-8-6-17/h1-4,10H,5-9H2. The second-order valence-corrected chi connectivity index (χ2v) is 5.40. The predicted octanol–water partition coefficient (Wildman–Crippen LogP) is 2.78. The van der Waals surface area contributed by atoms with Gasteiger partial charge in [-0.1, -0.05) is 0 Å². The topological polar surface area (TPSA) is 25.4 Å². The fraction of sp³-hybridized carbons (Fsp3) is 0.357. The van der Waals surface area contributed by atoms with Gasteiger partial charge in [0, 0.05) is 30.6 Å². The number of benzene rings is 1. The average molecular weight is 278 g/mol. The summed E-state index contributed by atoms with van der Waals surface area (Å²) in [5, 5.41) is 3.02. The van der Waals surface area contributed by atoms with Crippen LogP contribution in [0.4, 0.5) is 4.39 Å². The molecular formula is C14H15FN2OS. The second kappa shape index (κ2) is 5.77. The number of ether oxygens (including phenoxy) is 1. The van der Waals surface area contributed by atoms with Crippen molar-refractivity contribution in [2.45, 2.75) is 6.54 Å². The SMILES string of the molecule is Fc1ccc(-c2nc(CN3CCOCC3)cs2)cc1. The van der Waals surface area contributed by atoms with Crippen molar-refractivity contribution in [3.8, 4) is 10.6 Å². The van der Waals surface area contributed by atoms with Gasteiger partial charge in [-0.05, 0) is 24.3 Å². The van der Waals surface area contributed by atoms with Crippen LogP contribution in [0.1, 0.15) is 5.69 Å². The van der Waals surface area contributed by atoms with Gasteiger partial charge in [0.2, 0.25) is 0 Å². The molecule has 100 valence electrons. The van der Waals surface area contributed by atoms with Crippen LogP contribution >= 0.6 is 11.3 Å². The van der Waals surface area contributed by atoms with Crippen molar-refractivity contribution in [1.82, 2.24) is 9.88 Å². The van der Waals surface area contributed by atoms with Gasteiger partial charge in [0.15, 0.2) is 0 Å². The smallest absolute Gasteiger partial charge is 0.123 e. The third-order valence-corrected chi connectivity index (χ3v) is 4.07. The normalized spacial score (nSPS) is 16.7. The van der Waals surface area contributed by atoms with E-state index in [1.165, 1.54) is 12.1 Å². The largest absolute Gasteiger partial charge is 0.379 e. The van der Waals surface area contributed by atoms with E-state index in [-0.39, 0.29) is 5.82 Å². The molecule has 1 aromatic heterocycles. The van der Waals surface area contributed by atoms with Gasteiger partial charge < -0.3 is 4.74 Å². The molecule has 1 aromatic carbocycles. The van der Waals surface area contributed by atoms with Gasteiger partial charge in [0.25, 0.3) is 0 Å². The minimum absolute atomic E-state index is 0.214. The Morgan fingerprint density at radius 2 is 1.95 bits per heavy atom. The maximum atomic E-state index is 12.9. The summed E-state index contributed by atoms with van der Waals surface area (Å²) in [6, 6.07) is 6.48. The Kier molecular flexibility index (Phi) is 3.87. The van der Waals surface area contributed by atoms with Crippen molar-refractivity contribution in [2.24, 2.45) is 0 Å². The first-order chi connectivity index (χ1) is 9.31. The van der Waals surface area contributed by atoms with Crippen LogP contribution in [0.15, 0.2) is 29.6 Å². The van der Waals surface area contributed by atoms with Crippen molar-refractivity contribution in [3.05, 3.63) is 41.2 Å². The monoisotopic (exact) mass is 278 g/mol. The first-order valence-corrected chi connectivity index (χ1v) is 7.20. The van der Waals surface area contributed by atoms with Gasteiger partial charge >= 0.3 is 0 Å². The van der Waals surface area contributed by atoms with Gasteiger partial charge in [-0.25, -0.2) is 9.37 Å². The molecule has 0 spiro atoms. The molecule has 1 fully saturated rings. The van der Waals surface area contributed by atoms with Gasteiger partial charge in [-0.2, -0.15) is 0 Å². The molecule has 3 nitrogen and oxygen atoms in total. The number of morpholine rings is 1. The lowest BCUT2D eigenvalue weighted by Gasteiger charge is -2.25. The number of halogens is 1. The number of hydrogen-bond donors (Lipinski definition) is 0. The lowest BCUT2D eigenvalue weighted by Crippen LogP contribution is -2.35. The molecule has 1 saturated heterocycles. The van der Waals surface area contributed by atoms with Crippen LogP contribution in [-0.2, 0) is 11.3 Å². The summed E-state index contributed by atoms with van der Waals surface area (Å²) >= 11 is 1.61. The Bertz CT molecular complexity index is 535. The van der Waals surface area contributed by atoms with Crippen molar-refractivity contribution in [1.29, 1.82) is 0 Å². The van der Waals surface area contributed by atoms with Crippen molar-refractivity contribution in [3.63, 3.8) is 0 Å². The molecule has 0 unspecified atom stereocenters. The molecule has 2 heterocycles. The zero-order valence-corrected chi connectivity index (χ0v) is 11.3. The lowest BCUT2D eigenvalue weighted by molar-refractivity contribution is 0.0337. The van der Waals surface area contributed by atoms with E-state index in [1.807, 2.05) is 0 Å². The number of thiazole rings is 1. The summed E-state index contributed by atoms with van der Waals surface area (Å²) in [4.78, 5) is 6.96. The summed E-state index contributed by atoms with van der Waals surface area (Å²) < 4.78 is 18.2. The van der Waals surface area contributed by atoms with Crippen LogP contribution in [0.2, 0.25) is 0 Å². The van der Waals surface area contributed by atoms with Crippen molar-refractivity contribution < 1.29 is 9.13 Å². The van der Waals surface area contributed by atoms with Crippen LogP contribution in [0.3, 0.4) is 0 Å². The highest BCUT2D eigenvalue weighted by atomic mass is 32.1. The highest BCUT2D eigenvalue weighted by Gasteiger charge is 2.13. The molecule has 1 aliphatic rings. The summed E-state index contributed by atoms with van der Waals surface area (Å²) in [5.41, 5.74) is 2.05. The summed E-state index contributed by atoms with van der Waals surface area (Å²) in [6.07, 6.45) is 0. The minimum atomic E-state index is -0.214. The highest BCUT2D eigenvalue weighted by molar-refractivity contribution is 7.13. The molecule has 5 heteroatoms. The zero-order chi connectivity index (χ0) is 13.1. The number of hydrogen-bond acceptors (Lipinski definition) is 4. The molecule has 0 N–H and O–H groups in total. The Morgan fingerprint density at radius 3 is 2.68 bits per heavy atom. The average Bonchev–Trinajstić information content (AvgIpc) is 2.89. The van der Waals surface area contributed by atoms with Gasteiger partial charge in [0.05, 0.1) is 18.9 Å². The van der Waals surface area contributed by atoms with E-state index in [0.717, 1.165) is 49.1 Å². The second-order valence-electron chi connectivity index (χ2n) is 4.54.